The number of nitrogens with zero attached hydrogens (tertiary/aromatic N) is 3. The lowest BCUT2D eigenvalue weighted by atomic mass is 9.93. The Kier molecular flexibility index (Phi) is 5.80. The van der Waals surface area contributed by atoms with Gasteiger partial charge in [0.1, 0.15) is 11.5 Å². The molecule has 0 spiro atoms. The molecule has 152 valence electrons. The number of carbonyl (C=O) groups excluding carboxylic acids is 1. The highest BCUT2D eigenvalue weighted by molar-refractivity contribution is 5.95. The molecule has 2 aliphatic rings. The molecule has 0 aromatic carbocycles. The second-order valence-corrected chi connectivity index (χ2v) is 8.06. The van der Waals surface area contributed by atoms with Gasteiger partial charge >= 0.3 is 0 Å². The molecule has 7 heteroatoms. The molecule has 1 atom stereocenters. The van der Waals surface area contributed by atoms with Crippen molar-refractivity contribution in [1.82, 2.24) is 15.0 Å². The Morgan fingerprint density at radius 1 is 1.25 bits per heavy atom. The number of furan rings is 1. The van der Waals surface area contributed by atoms with Crippen molar-refractivity contribution in [2.75, 3.05) is 26.3 Å². The van der Waals surface area contributed by atoms with E-state index in [9.17, 15) is 4.79 Å². The van der Waals surface area contributed by atoms with Crippen molar-refractivity contribution in [2.24, 2.45) is 5.92 Å². The molecule has 2 aromatic heterocycles. The molecular weight excluding hydrogens is 358 g/mol. The summed E-state index contributed by atoms with van der Waals surface area (Å²) in [6, 6.07) is 1.85. The van der Waals surface area contributed by atoms with Gasteiger partial charge in [-0.15, -0.1) is 0 Å². The Bertz CT molecular complexity index is 806. The Balaban J connectivity index is 1.31. The minimum atomic E-state index is 0.0837. The molecule has 0 radical (unpaired) electrons. The first-order chi connectivity index (χ1) is 13.6. The lowest BCUT2D eigenvalue weighted by Gasteiger charge is -2.32. The van der Waals surface area contributed by atoms with Crippen LogP contribution in [0.25, 0.3) is 0 Å². The normalized spacial score (nSPS) is 21.2. The number of ether oxygens (including phenoxy) is 1. The molecule has 2 saturated heterocycles. The molecular formula is C21H29N3O4. The smallest absolute Gasteiger partial charge is 0.257 e. The molecule has 0 bridgehead atoms. The summed E-state index contributed by atoms with van der Waals surface area (Å²) < 4.78 is 16.4. The molecule has 0 aliphatic carbocycles. The molecule has 0 N–H and O–H groups in total. The van der Waals surface area contributed by atoms with Gasteiger partial charge in [0.05, 0.1) is 5.56 Å². The maximum absolute atomic E-state index is 12.8. The zero-order chi connectivity index (χ0) is 19.5. The number of aromatic nitrogens is 2. The summed E-state index contributed by atoms with van der Waals surface area (Å²) in [6.45, 7) is 6.87. The third kappa shape index (κ3) is 4.29. The molecule has 2 aromatic rings. The molecule has 1 amide bonds. The van der Waals surface area contributed by atoms with Crippen molar-refractivity contribution in [1.29, 1.82) is 0 Å². The predicted octanol–water partition coefficient (Wildman–Crippen LogP) is 3.66. The Morgan fingerprint density at radius 3 is 2.82 bits per heavy atom. The van der Waals surface area contributed by atoms with E-state index in [1.807, 2.05) is 24.8 Å². The van der Waals surface area contributed by atoms with Crippen LogP contribution in [0.15, 0.2) is 15.0 Å². The maximum Gasteiger partial charge on any atom is 0.257 e. The van der Waals surface area contributed by atoms with E-state index < -0.39 is 0 Å². The number of piperidine rings is 1. The number of amides is 1. The third-order valence-electron chi connectivity index (χ3n) is 5.91. The summed E-state index contributed by atoms with van der Waals surface area (Å²) in [4.78, 5) is 19.4. The molecule has 7 nitrogen and oxygen atoms in total. The van der Waals surface area contributed by atoms with E-state index in [0.29, 0.717) is 23.2 Å². The molecule has 0 saturated carbocycles. The van der Waals surface area contributed by atoms with Crippen LogP contribution >= 0.6 is 0 Å². The molecule has 1 unspecified atom stereocenters. The van der Waals surface area contributed by atoms with Gasteiger partial charge in [-0.2, -0.15) is 4.98 Å². The highest BCUT2D eigenvalue weighted by Crippen LogP contribution is 2.27. The topological polar surface area (TPSA) is 81.6 Å². The van der Waals surface area contributed by atoms with Crippen molar-refractivity contribution in [2.45, 2.75) is 58.3 Å². The lowest BCUT2D eigenvalue weighted by molar-refractivity contribution is 0.0666. The summed E-state index contributed by atoms with van der Waals surface area (Å²) in [5.41, 5.74) is 0.692. The van der Waals surface area contributed by atoms with Crippen molar-refractivity contribution >= 4 is 5.91 Å². The number of aryl methyl sites for hydroxylation is 3. The minimum Gasteiger partial charge on any atom is -0.466 e. The summed E-state index contributed by atoms with van der Waals surface area (Å²) in [7, 11) is 0. The minimum absolute atomic E-state index is 0.0837. The number of hydrogen-bond donors (Lipinski definition) is 0. The Hall–Kier alpha value is -2.15. The van der Waals surface area contributed by atoms with E-state index in [0.717, 1.165) is 82.3 Å². The van der Waals surface area contributed by atoms with E-state index in [1.54, 1.807) is 0 Å². The van der Waals surface area contributed by atoms with Crippen molar-refractivity contribution in [3.63, 3.8) is 0 Å². The summed E-state index contributed by atoms with van der Waals surface area (Å²) in [5, 5.41) is 4.17. The first-order valence-electron chi connectivity index (χ1n) is 10.4. The molecule has 2 aliphatic heterocycles. The van der Waals surface area contributed by atoms with Crippen LogP contribution in [0.5, 0.6) is 0 Å². The summed E-state index contributed by atoms with van der Waals surface area (Å²) in [6.07, 6.45) is 5.84. The van der Waals surface area contributed by atoms with Gasteiger partial charge in [0.2, 0.25) is 5.89 Å². The molecule has 28 heavy (non-hydrogen) atoms. The van der Waals surface area contributed by atoms with Crippen molar-refractivity contribution in [3.8, 4) is 0 Å². The van der Waals surface area contributed by atoms with Gasteiger partial charge in [-0.25, -0.2) is 0 Å². The van der Waals surface area contributed by atoms with Crippen LogP contribution in [0, 0.1) is 19.8 Å². The number of likely N-dealkylation sites (tertiary alicyclic amines) is 1. The van der Waals surface area contributed by atoms with Crippen molar-refractivity contribution < 1.29 is 18.5 Å². The van der Waals surface area contributed by atoms with Crippen molar-refractivity contribution in [3.05, 3.63) is 34.9 Å². The second-order valence-electron chi connectivity index (χ2n) is 8.06. The van der Waals surface area contributed by atoms with E-state index >= 15 is 0 Å². The molecule has 4 heterocycles. The van der Waals surface area contributed by atoms with Crippen LogP contribution in [-0.2, 0) is 11.2 Å². The number of hydrogen-bond acceptors (Lipinski definition) is 6. The number of rotatable bonds is 5. The first-order valence-corrected chi connectivity index (χ1v) is 10.4. The Morgan fingerprint density at radius 2 is 2.07 bits per heavy atom. The predicted molar refractivity (Wildman–Crippen MR) is 102 cm³/mol. The van der Waals surface area contributed by atoms with Gasteiger partial charge in [-0.1, -0.05) is 5.16 Å². The quantitative estimate of drug-likeness (QED) is 0.779. The van der Waals surface area contributed by atoms with E-state index in [4.69, 9.17) is 13.7 Å². The van der Waals surface area contributed by atoms with Crippen LogP contribution < -0.4 is 0 Å². The zero-order valence-electron chi connectivity index (χ0n) is 16.8. The van der Waals surface area contributed by atoms with Gasteiger partial charge in [0, 0.05) is 38.6 Å². The van der Waals surface area contributed by atoms with Gasteiger partial charge in [0.15, 0.2) is 5.82 Å². The molecule has 2 fully saturated rings. The van der Waals surface area contributed by atoms with E-state index in [2.05, 4.69) is 10.1 Å². The SMILES string of the molecule is Cc1cc(C(=O)N2CCCC(CCc3noc(C4CCOCC4)n3)C2)c(C)o1. The Labute approximate surface area is 165 Å². The van der Waals surface area contributed by atoms with Gasteiger partial charge in [-0.05, 0) is 57.9 Å². The third-order valence-corrected chi connectivity index (χ3v) is 5.91. The fourth-order valence-corrected chi connectivity index (χ4v) is 4.31. The standard InChI is InChI=1S/C21H29N3O4/c1-14-12-18(15(2)27-14)21(25)24-9-3-4-16(13-24)5-6-19-22-20(28-23-19)17-7-10-26-11-8-17/h12,16-17H,3-11,13H2,1-2H3. The number of carbonyl (C=O) groups is 1. The van der Waals surface area contributed by atoms with Crippen LogP contribution in [0.3, 0.4) is 0 Å². The fourth-order valence-electron chi connectivity index (χ4n) is 4.31. The highest BCUT2D eigenvalue weighted by Gasteiger charge is 2.27. The van der Waals surface area contributed by atoms with Gasteiger partial charge in [0.25, 0.3) is 5.91 Å². The monoisotopic (exact) mass is 387 g/mol. The van der Waals surface area contributed by atoms with Crippen LogP contribution in [-0.4, -0.2) is 47.3 Å². The zero-order valence-corrected chi connectivity index (χ0v) is 16.8. The highest BCUT2D eigenvalue weighted by atomic mass is 16.5. The summed E-state index contributed by atoms with van der Waals surface area (Å²) >= 11 is 0. The fraction of sp³-hybridized carbons (Fsp3) is 0.667. The van der Waals surface area contributed by atoms with E-state index in [-0.39, 0.29) is 5.91 Å². The van der Waals surface area contributed by atoms with Crippen LogP contribution in [0.1, 0.15) is 71.6 Å². The van der Waals surface area contributed by atoms with Gasteiger partial charge in [-0.3, -0.25) is 4.79 Å². The summed E-state index contributed by atoms with van der Waals surface area (Å²) in [5.74, 6) is 3.91. The first kappa shape index (κ1) is 19.2. The maximum atomic E-state index is 12.8. The lowest BCUT2D eigenvalue weighted by Crippen LogP contribution is -2.40. The van der Waals surface area contributed by atoms with Crippen LogP contribution in [0.4, 0.5) is 0 Å². The van der Waals surface area contributed by atoms with E-state index in [1.165, 1.54) is 0 Å². The van der Waals surface area contributed by atoms with Crippen LogP contribution in [0.2, 0.25) is 0 Å². The second kappa shape index (κ2) is 8.47. The van der Waals surface area contributed by atoms with Gasteiger partial charge < -0.3 is 18.6 Å². The average molecular weight is 387 g/mol. The average Bonchev–Trinajstić information content (AvgIpc) is 3.33. The molecule has 4 rings (SSSR count). The largest absolute Gasteiger partial charge is 0.466 e.